The molecule has 0 unspecified atom stereocenters. The summed E-state index contributed by atoms with van der Waals surface area (Å²) in [6.07, 6.45) is 3.55. The van der Waals surface area contributed by atoms with Crippen molar-refractivity contribution in [3.05, 3.63) is 23.3 Å². The van der Waals surface area contributed by atoms with Gasteiger partial charge in [0.25, 0.3) is 0 Å². The fraction of sp³-hybridized carbons (Fsp3) is 0.759. The van der Waals surface area contributed by atoms with Gasteiger partial charge in [0.1, 0.15) is 11.3 Å². The molecule has 0 spiro atoms. The van der Waals surface area contributed by atoms with Crippen LogP contribution in [0.4, 0.5) is 0 Å². The monoisotopic (exact) mass is 525 g/mol. The maximum Gasteiger partial charge on any atom is 0.461 e. The van der Waals surface area contributed by atoms with Crippen LogP contribution in [0.3, 0.4) is 0 Å². The quantitative estimate of drug-likeness (QED) is 0.282. The van der Waals surface area contributed by atoms with Crippen molar-refractivity contribution in [1.82, 2.24) is 4.90 Å². The summed E-state index contributed by atoms with van der Waals surface area (Å²) >= 11 is 1.78. The Kier molecular flexibility index (Phi) is 5.31. The van der Waals surface area contributed by atoms with Crippen LogP contribution in [0.15, 0.2) is 17.0 Å². The lowest BCUT2D eigenvalue weighted by Gasteiger charge is -2.64. The Hall–Kier alpha value is -1.22. The molecule has 7 atom stereocenters. The molecule has 7 aliphatic rings. The molecule has 2 saturated heterocycles. The van der Waals surface area contributed by atoms with Crippen LogP contribution in [0.25, 0.3) is 0 Å². The highest BCUT2D eigenvalue weighted by Gasteiger charge is 2.70. The van der Waals surface area contributed by atoms with E-state index in [1.807, 2.05) is 13.8 Å². The SMILES string of the molecule is C[C@H](Sc1ccc([C@H]2C[C@H]2B2O[C@H]3C[C@H]4C[C@H](C4(C)C)[C@]3(C)O2)c2c1C(=O)OC(C)(C)O2)C1CN(C)C1. The second-order valence-corrected chi connectivity index (χ2v) is 15.3. The van der Waals surface area contributed by atoms with Gasteiger partial charge in [0.2, 0.25) is 5.79 Å². The van der Waals surface area contributed by atoms with Crippen LogP contribution in [0, 0.1) is 23.2 Å². The van der Waals surface area contributed by atoms with E-state index in [0.29, 0.717) is 39.6 Å². The Labute approximate surface area is 225 Å². The van der Waals surface area contributed by atoms with Crippen molar-refractivity contribution in [3.63, 3.8) is 0 Å². The van der Waals surface area contributed by atoms with Crippen molar-refractivity contribution in [2.24, 2.45) is 23.2 Å². The predicted molar refractivity (Wildman–Crippen MR) is 144 cm³/mol. The average molecular weight is 526 g/mol. The summed E-state index contributed by atoms with van der Waals surface area (Å²) in [5.74, 6) is 1.95. The topological polar surface area (TPSA) is 57.2 Å². The van der Waals surface area contributed by atoms with E-state index in [1.54, 1.807) is 11.8 Å². The lowest BCUT2D eigenvalue weighted by molar-refractivity contribution is -0.199. The number of carbonyl (C=O) groups is 1. The number of esters is 1. The molecule has 4 aliphatic carbocycles. The van der Waals surface area contributed by atoms with E-state index in [4.69, 9.17) is 18.8 Å². The number of benzene rings is 1. The summed E-state index contributed by atoms with van der Waals surface area (Å²) in [6.45, 7) is 15.2. The van der Waals surface area contributed by atoms with Gasteiger partial charge in [-0.1, -0.05) is 26.8 Å². The van der Waals surface area contributed by atoms with Gasteiger partial charge in [0.05, 0.1) is 11.7 Å². The highest BCUT2D eigenvalue weighted by molar-refractivity contribution is 8.00. The number of hydrogen-bond acceptors (Lipinski definition) is 7. The first-order valence-electron chi connectivity index (χ1n) is 14.1. The number of thioether (sulfide) groups is 1. The molecule has 2 bridgehead atoms. The summed E-state index contributed by atoms with van der Waals surface area (Å²) in [6, 6.07) is 4.30. The van der Waals surface area contributed by atoms with Gasteiger partial charge in [-0.25, -0.2) is 4.79 Å². The van der Waals surface area contributed by atoms with Crippen molar-refractivity contribution in [2.45, 2.75) is 100 Å². The van der Waals surface area contributed by atoms with Crippen LogP contribution >= 0.6 is 11.8 Å². The predicted octanol–water partition coefficient (Wildman–Crippen LogP) is 5.60. The number of ether oxygens (including phenoxy) is 2. The zero-order valence-corrected chi connectivity index (χ0v) is 24.0. The van der Waals surface area contributed by atoms with Crippen LogP contribution in [0.1, 0.15) is 82.6 Å². The van der Waals surface area contributed by atoms with E-state index in [0.717, 1.165) is 42.3 Å². The molecule has 8 heteroatoms. The molecule has 8 rings (SSSR count). The van der Waals surface area contributed by atoms with Gasteiger partial charge >= 0.3 is 13.1 Å². The zero-order chi connectivity index (χ0) is 26.1. The van der Waals surface area contributed by atoms with Gasteiger partial charge in [-0.15, -0.1) is 11.8 Å². The van der Waals surface area contributed by atoms with Crippen molar-refractivity contribution in [1.29, 1.82) is 0 Å². The minimum absolute atomic E-state index is 0.181. The van der Waals surface area contributed by atoms with Crippen LogP contribution < -0.4 is 4.74 Å². The van der Waals surface area contributed by atoms with Gasteiger partial charge in [0.15, 0.2) is 0 Å². The molecular formula is C29H40BNO5S. The number of fused-ring (bicyclic) bond motifs is 1. The van der Waals surface area contributed by atoms with E-state index in [-0.39, 0.29) is 30.7 Å². The first-order chi connectivity index (χ1) is 17.4. The second kappa shape index (κ2) is 7.92. The fourth-order valence-electron chi connectivity index (χ4n) is 8.11. The van der Waals surface area contributed by atoms with E-state index in [9.17, 15) is 4.79 Å². The third-order valence-electron chi connectivity index (χ3n) is 10.7. The lowest BCUT2D eigenvalue weighted by Crippen LogP contribution is -2.65. The second-order valence-electron chi connectivity index (χ2n) is 13.9. The number of likely N-dealkylation sites (tertiary alicyclic amines) is 1. The molecule has 6 fully saturated rings. The molecule has 1 aromatic rings. The maximum atomic E-state index is 13.3. The summed E-state index contributed by atoms with van der Waals surface area (Å²) < 4.78 is 25.5. The third kappa shape index (κ3) is 3.68. The van der Waals surface area contributed by atoms with Gasteiger partial charge in [0, 0.05) is 42.9 Å². The molecule has 6 nitrogen and oxygen atoms in total. The lowest BCUT2D eigenvalue weighted by atomic mass is 9.43. The van der Waals surface area contributed by atoms with Gasteiger partial charge in [-0.05, 0) is 74.0 Å². The first-order valence-corrected chi connectivity index (χ1v) is 15.0. The summed E-state index contributed by atoms with van der Waals surface area (Å²) in [7, 11) is 1.97. The van der Waals surface area contributed by atoms with E-state index in [2.05, 4.69) is 51.8 Å². The molecule has 0 radical (unpaired) electrons. The molecule has 37 heavy (non-hydrogen) atoms. The number of carbonyl (C=O) groups excluding carboxylic acids is 1. The zero-order valence-electron chi connectivity index (χ0n) is 23.2. The fourth-order valence-corrected chi connectivity index (χ4v) is 9.32. The Morgan fingerprint density at radius 3 is 2.54 bits per heavy atom. The normalized spacial score (nSPS) is 40.0. The van der Waals surface area contributed by atoms with Crippen molar-refractivity contribution >= 4 is 24.8 Å². The molecule has 3 aliphatic heterocycles. The van der Waals surface area contributed by atoms with Gasteiger partial charge in [-0.3, -0.25) is 0 Å². The summed E-state index contributed by atoms with van der Waals surface area (Å²) in [4.78, 5) is 16.6. The molecule has 4 saturated carbocycles. The third-order valence-corrected chi connectivity index (χ3v) is 12.0. The summed E-state index contributed by atoms with van der Waals surface area (Å²) in [5, 5.41) is 0.419. The Bertz CT molecular complexity index is 1150. The minimum Gasteiger partial charge on any atom is -0.452 e. The Morgan fingerprint density at radius 1 is 1.08 bits per heavy atom. The molecule has 0 N–H and O–H groups in total. The van der Waals surface area contributed by atoms with Crippen molar-refractivity contribution in [3.8, 4) is 5.75 Å². The van der Waals surface area contributed by atoms with Crippen LogP contribution in [-0.2, 0) is 14.0 Å². The molecular weight excluding hydrogens is 485 g/mol. The largest absolute Gasteiger partial charge is 0.461 e. The van der Waals surface area contributed by atoms with Crippen LogP contribution in [0.5, 0.6) is 5.75 Å². The molecule has 0 aromatic heterocycles. The van der Waals surface area contributed by atoms with Gasteiger partial charge < -0.3 is 23.7 Å². The van der Waals surface area contributed by atoms with Gasteiger partial charge in [-0.2, -0.15) is 0 Å². The first kappa shape index (κ1) is 24.8. The minimum atomic E-state index is -0.982. The number of cyclic esters (lactones) is 1. The number of rotatable bonds is 5. The van der Waals surface area contributed by atoms with Crippen LogP contribution in [0.2, 0.25) is 5.82 Å². The standard InChI is InChI=1S/C29H40BNO5S/c1-15(16-13-31(7)14-16)37-21-9-8-18(25-24(21)26(32)34-28(4,5)33-25)19-12-20(19)30-35-23-11-17-10-22(27(17,2)3)29(23,6)36-30/h8-9,15-17,19-20,22-23H,10-14H2,1-7H3/t15-,17+,19+,20+,22+,23-,29-/m0/s1. The van der Waals surface area contributed by atoms with E-state index < -0.39 is 5.79 Å². The van der Waals surface area contributed by atoms with Crippen molar-refractivity contribution < 1.29 is 23.6 Å². The molecule has 3 heterocycles. The molecule has 0 amide bonds. The van der Waals surface area contributed by atoms with E-state index >= 15 is 0 Å². The van der Waals surface area contributed by atoms with Crippen LogP contribution in [-0.4, -0.2) is 60.9 Å². The Morgan fingerprint density at radius 2 is 1.84 bits per heavy atom. The molecule has 1 aromatic carbocycles. The van der Waals surface area contributed by atoms with Crippen molar-refractivity contribution in [2.75, 3.05) is 20.1 Å². The molecule has 200 valence electrons. The number of nitrogens with zero attached hydrogens (tertiary/aromatic N) is 1. The Balaban J connectivity index is 1.14. The number of hydrogen-bond donors (Lipinski definition) is 0. The van der Waals surface area contributed by atoms with E-state index in [1.165, 1.54) is 6.42 Å². The smallest absolute Gasteiger partial charge is 0.452 e. The summed E-state index contributed by atoms with van der Waals surface area (Å²) in [5.41, 5.74) is 1.85. The maximum absolute atomic E-state index is 13.3. The average Bonchev–Trinajstić information content (AvgIpc) is 3.48. The highest BCUT2D eigenvalue weighted by Crippen LogP contribution is 2.68. The highest BCUT2D eigenvalue weighted by atomic mass is 32.2.